The van der Waals surface area contributed by atoms with Crippen LogP contribution in [-0.4, -0.2) is 127 Å². The molecule has 2 aromatic carbocycles. The molecular weight excluding hydrogens is 695 g/mol. The fourth-order valence-corrected chi connectivity index (χ4v) is 11.3. The van der Waals surface area contributed by atoms with Gasteiger partial charge in [-0.3, -0.25) is 4.79 Å². The maximum absolute atomic E-state index is 13.2. The number of aromatic nitrogens is 1. The van der Waals surface area contributed by atoms with Crippen LogP contribution >= 0.6 is 0 Å². The quantitative estimate of drug-likeness (QED) is 0.210. The molecule has 0 bridgehead atoms. The van der Waals surface area contributed by atoms with Gasteiger partial charge in [0, 0.05) is 61.2 Å². The second-order valence-corrected chi connectivity index (χ2v) is 18.1. The van der Waals surface area contributed by atoms with Crippen molar-refractivity contribution >= 4 is 16.8 Å². The molecular formula is C47H71N7O2. The van der Waals surface area contributed by atoms with E-state index >= 15 is 0 Å². The number of amides is 1. The molecule has 0 saturated carbocycles. The standard InChI is InChI=1S/C32H42N4O2.C15H29N3/c1-2-38-26-13-11-23(12-14-26)27-8-5-9-29-28(27)21-30(34-29)32(37)33-25-15-19-35(20-16-25)22-24-7-6-18-36-17-4-3-10-31(24)36;16-14-6-10-17(11-7-14)12-13-4-3-9-18-8-2-1-5-15(13)18/h5,8-9,11-14,21,24-25,31,34H,2-4,6-7,10,15-20,22H2,1H3,(H,33,37);13-15H,1-12,16H2/t24-,31+;13-,15+/m00/s1. The number of hydrogen-bond acceptors (Lipinski definition) is 7. The highest BCUT2D eigenvalue weighted by atomic mass is 16.5. The molecule has 56 heavy (non-hydrogen) atoms. The maximum Gasteiger partial charge on any atom is 0.267 e. The number of aromatic amines is 1. The number of nitrogens with zero attached hydrogens (tertiary/aromatic N) is 4. The van der Waals surface area contributed by atoms with Gasteiger partial charge < -0.3 is 40.4 Å². The molecule has 6 aliphatic rings. The van der Waals surface area contributed by atoms with Crippen molar-refractivity contribution in [3.63, 3.8) is 0 Å². The third kappa shape index (κ3) is 9.83. The second-order valence-electron chi connectivity index (χ2n) is 18.1. The molecule has 6 saturated heterocycles. The summed E-state index contributed by atoms with van der Waals surface area (Å²) >= 11 is 0. The molecule has 0 spiro atoms. The molecule has 306 valence electrons. The number of ether oxygens (including phenoxy) is 1. The highest BCUT2D eigenvalue weighted by molar-refractivity contribution is 6.03. The smallest absolute Gasteiger partial charge is 0.267 e. The lowest BCUT2D eigenvalue weighted by Gasteiger charge is -2.46. The van der Waals surface area contributed by atoms with Gasteiger partial charge in [0.1, 0.15) is 11.4 Å². The molecule has 9 rings (SSSR count). The van der Waals surface area contributed by atoms with E-state index in [4.69, 9.17) is 10.5 Å². The Bertz CT molecular complexity index is 1670. The van der Waals surface area contributed by atoms with Gasteiger partial charge in [0.25, 0.3) is 5.91 Å². The maximum atomic E-state index is 13.2. The molecule has 1 aromatic heterocycles. The summed E-state index contributed by atoms with van der Waals surface area (Å²) in [7, 11) is 0. The number of carbonyl (C=O) groups excluding carboxylic acids is 1. The van der Waals surface area contributed by atoms with E-state index in [1.807, 2.05) is 37.3 Å². The van der Waals surface area contributed by atoms with Gasteiger partial charge in [0.15, 0.2) is 0 Å². The lowest BCUT2D eigenvalue weighted by atomic mass is 9.83. The molecule has 6 fully saturated rings. The second kappa shape index (κ2) is 19.2. The summed E-state index contributed by atoms with van der Waals surface area (Å²) in [4.78, 5) is 27.5. The SMILES string of the molecule is CCOc1ccc(-c2cccc3[nH]c(C(=O)NC4CCN(C[C@@H]5CCCN6CCCC[C@H]56)CC4)cc23)cc1.NC1CCN(C[C@@H]2CCCN3CCCC[C@H]23)CC1. The van der Waals surface area contributed by atoms with E-state index in [0.29, 0.717) is 18.3 Å². The Kier molecular flexibility index (Phi) is 13.7. The van der Waals surface area contributed by atoms with Crippen LogP contribution in [0.15, 0.2) is 48.5 Å². The van der Waals surface area contributed by atoms with Crippen molar-refractivity contribution in [2.24, 2.45) is 17.6 Å². The number of nitrogens with one attached hydrogen (secondary N) is 2. The molecule has 9 nitrogen and oxygen atoms in total. The first-order chi connectivity index (χ1) is 27.5. The molecule has 0 unspecified atom stereocenters. The van der Waals surface area contributed by atoms with E-state index in [1.54, 1.807) is 0 Å². The summed E-state index contributed by atoms with van der Waals surface area (Å²) in [6.07, 6.45) is 18.6. The van der Waals surface area contributed by atoms with Crippen molar-refractivity contribution < 1.29 is 9.53 Å². The molecule has 3 aromatic rings. The third-order valence-electron chi connectivity index (χ3n) is 14.4. The molecule has 7 heterocycles. The van der Waals surface area contributed by atoms with Gasteiger partial charge in [-0.2, -0.15) is 0 Å². The Morgan fingerprint density at radius 2 is 1.30 bits per heavy atom. The van der Waals surface area contributed by atoms with E-state index in [0.717, 1.165) is 77.6 Å². The zero-order valence-electron chi connectivity index (χ0n) is 34.4. The first kappa shape index (κ1) is 39.9. The number of rotatable bonds is 9. The lowest BCUT2D eigenvalue weighted by molar-refractivity contribution is 0.0351. The van der Waals surface area contributed by atoms with Crippen LogP contribution in [-0.2, 0) is 0 Å². The van der Waals surface area contributed by atoms with Crippen molar-refractivity contribution in [2.75, 3.05) is 72.1 Å². The van der Waals surface area contributed by atoms with Crippen LogP contribution in [0.25, 0.3) is 22.0 Å². The van der Waals surface area contributed by atoms with Crippen molar-refractivity contribution in [1.82, 2.24) is 29.9 Å². The molecule has 6 aliphatic heterocycles. The van der Waals surface area contributed by atoms with E-state index in [1.165, 1.54) is 129 Å². The molecule has 0 aliphatic carbocycles. The zero-order chi connectivity index (χ0) is 38.3. The number of fused-ring (bicyclic) bond motifs is 3. The predicted octanol–water partition coefficient (Wildman–Crippen LogP) is 7.37. The Morgan fingerprint density at radius 3 is 1.91 bits per heavy atom. The molecule has 9 heteroatoms. The van der Waals surface area contributed by atoms with Crippen LogP contribution in [0.2, 0.25) is 0 Å². The largest absolute Gasteiger partial charge is 0.494 e. The van der Waals surface area contributed by atoms with E-state index in [2.05, 4.69) is 48.1 Å². The molecule has 1 amide bonds. The van der Waals surface area contributed by atoms with Crippen LogP contribution in [0.4, 0.5) is 0 Å². The number of carbonyl (C=O) groups is 1. The van der Waals surface area contributed by atoms with Crippen molar-refractivity contribution in [1.29, 1.82) is 0 Å². The third-order valence-corrected chi connectivity index (χ3v) is 14.4. The lowest BCUT2D eigenvalue weighted by Crippen LogP contribution is -2.52. The predicted molar refractivity (Wildman–Crippen MR) is 229 cm³/mol. The first-order valence-corrected chi connectivity index (χ1v) is 22.8. The number of nitrogens with two attached hydrogens (primary N) is 1. The average Bonchev–Trinajstić information content (AvgIpc) is 3.69. The fraction of sp³-hybridized carbons (Fsp3) is 0.681. The molecule has 4 N–H and O–H groups in total. The fourth-order valence-electron chi connectivity index (χ4n) is 11.3. The Balaban J connectivity index is 0.000000204. The number of piperidine rings is 6. The minimum absolute atomic E-state index is 0.00224. The Morgan fingerprint density at radius 1 is 0.714 bits per heavy atom. The monoisotopic (exact) mass is 766 g/mol. The van der Waals surface area contributed by atoms with Gasteiger partial charge >= 0.3 is 0 Å². The summed E-state index contributed by atoms with van der Waals surface area (Å²) in [5, 5.41) is 4.39. The summed E-state index contributed by atoms with van der Waals surface area (Å²) in [5.74, 6) is 2.64. The summed E-state index contributed by atoms with van der Waals surface area (Å²) < 4.78 is 5.59. The molecule has 4 atom stereocenters. The highest BCUT2D eigenvalue weighted by Crippen LogP contribution is 2.34. The van der Waals surface area contributed by atoms with Crippen molar-refractivity contribution in [2.45, 2.75) is 121 Å². The van der Waals surface area contributed by atoms with Crippen molar-refractivity contribution in [3.8, 4) is 16.9 Å². The van der Waals surface area contributed by atoms with Crippen LogP contribution in [0.5, 0.6) is 5.75 Å². The topological polar surface area (TPSA) is 93.1 Å². The number of H-pyrrole nitrogens is 1. The minimum atomic E-state index is 0.00224. The van der Waals surface area contributed by atoms with Gasteiger partial charge in [0.05, 0.1) is 6.61 Å². The first-order valence-electron chi connectivity index (χ1n) is 22.8. The van der Waals surface area contributed by atoms with E-state index in [9.17, 15) is 4.79 Å². The van der Waals surface area contributed by atoms with Crippen LogP contribution < -0.4 is 15.8 Å². The Hall–Kier alpha value is -2.95. The Labute approximate surface area is 337 Å². The average molecular weight is 766 g/mol. The number of likely N-dealkylation sites (tertiary alicyclic amines) is 2. The normalized spacial score (nSPS) is 27.5. The number of hydrogen-bond donors (Lipinski definition) is 3. The summed E-state index contributed by atoms with van der Waals surface area (Å²) in [6.45, 7) is 15.2. The van der Waals surface area contributed by atoms with Gasteiger partial charge in [-0.15, -0.1) is 0 Å². The van der Waals surface area contributed by atoms with Gasteiger partial charge in [-0.1, -0.05) is 37.1 Å². The highest BCUT2D eigenvalue weighted by Gasteiger charge is 2.36. The minimum Gasteiger partial charge on any atom is -0.494 e. The summed E-state index contributed by atoms with van der Waals surface area (Å²) in [6, 6.07) is 18.8. The van der Waals surface area contributed by atoms with E-state index < -0.39 is 0 Å². The number of benzene rings is 2. The van der Waals surface area contributed by atoms with Crippen molar-refractivity contribution in [3.05, 3.63) is 54.2 Å². The van der Waals surface area contributed by atoms with Gasteiger partial charge in [-0.05, 0) is 170 Å². The summed E-state index contributed by atoms with van der Waals surface area (Å²) in [5.41, 5.74) is 9.86. The zero-order valence-corrected chi connectivity index (χ0v) is 34.4. The van der Waals surface area contributed by atoms with E-state index in [-0.39, 0.29) is 11.9 Å². The molecule has 0 radical (unpaired) electrons. The van der Waals surface area contributed by atoms with Crippen LogP contribution in [0.1, 0.15) is 107 Å². The van der Waals surface area contributed by atoms with Gasteiger partial charge in [0.2, 0.25) is 0 Å². The van der Waals surface area contributed by atoms with Crippen LogP contribution in [0.3, 0.4) is 0 Å². The van der Waals surface area contributed by atoms with Crippen LogP contribution in [0, 0.1) is 11.8 Å². The van der Waals surface area contributed by atoms with Gasteiger partial charge in [-0.25, -0.2) is 0 Å².